The molecule has 0 spiro atoms. The summed E-state index contributed by atoms with van der Waals surface area (Å²) in [6.45, 7) is 0. The molecule has 1 aromatic rings. The number of hydrogen-bond donors (Lipinski definition) is 2. The molecular weight excluding hydrogens is 244 g/mol. The molecule has 0 saturated heterocycles. The number of carbonyl (C=O) groups is 1. The minimum absolute atomic E-state index is 0.0975. The van der Waals surface area contributed by atoms with Crippen LogP contribution in [0.5, 0.6) is 0 Å². The van der Waals surface area contributed by atoms with Gasteiger partial charge in [0.2, 0.25) is 0 Å². The molecule has 0 amide bonds. The molecule has 0 atom stereocenters. The fourth-order valence-electron chi connectivity index (χ4n) is 1.25. The Morgan fingerprint density at radius 2 is 1.82 bits per heavy atom. The maximum atomic E-state index is 11.7. The van der Waals surface area contributed by atoms with E-state index in [4.69, 9.17) is 5.11 Å². The number of nitrogens with zero attached hydrogens (tertiary/aromatic N) is 1. The van der Waals surface area contributed by atoms with Crippen molar-refractivity contribution < 1.29 is 18.3 Å². The van der Waals surface area contributed by atoms with Crippen molar-refractivity contribution in [3.8, 4) is 0 Å². The van der Waals surface area contributed by atoms with E-state index in [1.807, 2.05) is 0 Å². The van der Waals surface area contributed by atoms with Crippen LogP contribution in [0, 0.1) is 0 Å². The molecule has 0 unspecified atom stereocenters. The van der Waals surface area contributed by atoms with Gasteiger partial charge in [0.15, 0.2) is 0 Å². The van der Waals surface area contributed by atoms with Gasteiger partial charge >= 0.3 is 5.97 Å². The molecule has 0 aromatic heterocycles. The highest BCUT2D eigenvalue weighted by molar-refractivity contribution is 7.89. The number of nitrogens with one attached hydrogen (secondary N) is 1. The standard InChI is InChI=1S/C10H14N2O4S/c1-12(2)11-17(15,16)9-5-3-8(4-6-9)7-10(13)14/h3-6,11H,7H2,1-2H3,(H,13,14). The summed E-state index contributed by atoms with van der Waals surface area (Å²) < 4.78 is 23.4. The van der Waals surface area contributed by atoms with Gasteiger partial charge in [-0.05, 0) is 17.7 Å². The second kappa shape index (κ2) is 5.26. The molecule has 6 nitrogen and oxygen atoms in total. The summed E-state index contributed by atoms with van der Waals surface area (Å²) in [6.07, 6.45) is -0.124. The highest BCUT2D eigenvalue weighted by Crippen LogP contribution is 2.11. The first-order valence-corrected chi connectivity index (χ1v) is 6.30. The Kier molecular flexibility index (Phi) is 4.22. The maximum Gasteiger partial charge on any atom is 0.307 e. The molecule has 0 saturated carbocycles. The van der Waals surface area contributed by atoms with E-state index in [1.165, 1.54) is 29.3 Å². The van der Waals surface area contributed by atoms with Gasteiger partial charge < -0.3 is 5.11 Å². The Morgan fingerprint density at radius 3 is 2.24 bits per heavy atom. The Balaban J connectivity index is 2.91. The molecule has 0 aliphatic carbocycles. The zero-order chi connectivity index (χ0) is 13.1. The first-order chi connectivity index (χ1) is 7.81. The van der Waals surface area contributed by atoms with Crippen LogP contribution in [0.25, 0.3) is 0 Å². The smallest absolute Gasteiger partial charge is 0.307 e. The fourth-order valence-corrected chi connectivity index (χ4v) is 2.33. The highest BCUT2D eigenvalue weighted by Gasteiger charge is 2.14. The molecule has 0 fully saturated rings. The van der Waals surface area contributed by atoms with Crippen LogP contribution in [0.1, 0.15) is 5.56 Å². The third kappa shape index (κ3) is 4.14. The molecule has 1 rings (SSSR count). The molecule has 17 heavy (non-hydrogen) atoms. The van der Waals surface area contributed by atoms with Gasteiger partial charge in [0.1, 0.15) is 0 Å². The van der Waals surface area contributed by atoms with Crippen molar-refractivity contribution in [1.29, 1.82) is 0 Å². The second-order valence-electron chi connectivity index (χ2n) is 3.70. The topological polar surface area (TPSA) is 86.7 Å². The number of sulfonamides is 1. The van der Waals surface area contributed by atoms with Gasteiger partial charge in [-0.3, -0.25) is 4.79 Å². The minimum atomic E-state index is -3.58. The number of carboxylic acids is 1. The van der Waals surface area contributed by atoms with Crippen LogP contribution < -0.4 is 4.83 Å². The third-order valence-corrected chi connectivity index (χ3v) is 3.39. The summed E-state index contributed by atoms with van der Waals surface area (Å²) in [5, 5.41) is 9.90. The highest BCUT2D eigenvalue weighted by atomic mass is 32.2. The molecule has 0 heterocycles. The van der Waals surface area contributed by atoms with Crippen LogP contribution in [-0.4, -0.2) is 38.6 Å². The largest absolute Gasteiger partial charge is 0.481 e. The van der Waals surface area contributed by atoms with Crippen molar-refractivity contribution in [2.45, 2.75) is 11.3 Å². The predicted molar refractivity (Wildman–Crippen MR) is 61.8 cm³/mol. The van der Waals surface area contributed by atoms with E-state index in [0.717, 1.165) is 0 Å². The number of benzene rings is 1. The first-order valence-electron chi connectivity index (χ1n) is 4.82. The predicted octanol–water partition coefficient (Wildman–Crippen LogP) is 0.0686. The monoisotopic (exact) mass is 258 g/mol. The summed E-state index contributed by atoms with van der Waals surface area (Å²) in [5.41, 5.74) is 0.557. The van der Waals surface area contributed by atoms with E-state index >= 15 is 0 Å². The lowest BCUT2D eigenvalue weighted by Crippen LogP contribution is -2.36. The number of aliphatic carboxylic acids is 1. The molecule has 0 aliphatic rings. The van der Waals surface area contributed by atoms with Crippen molar-refractivity contribution in [3.63, 3.8) is 0 Å². The number of carboxylic acid groups (broad SMARTS) is 1. The van der Waals surface area contributed by atoms with Crippen LogP contribution in [0.2, 0.25) is 0 Å². The number of hydrazine groups is 1. The summed E-state index contributed by atoms with van der Waals surface area (Å²) in [4.78, 5) is 12.8. The summed E-state index contributed by atoms with van der Waals surface area (Å²) >= 11 is 0. The van der Waals surface area contributed by atoms with Crippen LogP contribution in [0.3, 0.4) is 0 Å². The molecule has 1 aromatic carbocycles. The third-order valence-electron chi connectivity index (χ3n) is 1.89. The van der Waals surface area contributed by atoms with E-state index in [1.54, 1.807) is 14.1 Å². The van der Waals surface area contributed by atoms with E-state index in [0.29, 0.717) is 5.56 Å². The molecule has 0 bridgehead atoms. The van der Waals surface area contributed by atoms with Gasteiger partial charge in [0.25, 0.3) is 10.0 Å². The van der Waals surface area contributed by atoms with Gasteiger partial charge in [0.05, 0.1) is 11.3 Å². The van der Waals surface area contributed by atoms with E-state index in [2.05, 4.69) is 4.83 Å². The Hall–Kier alpha value is -1.44. The molecule has 94 valence electrons. The molecule has 7 heteroatoms. The van der Waals surface area contributed by atoms with Gasteiger partial charge in [-0.25, -0.2) is 13.4 Å². The van der Waals surface area contributed by atoms with Gasteiger partial charge in [-0.2, -0.15) is 0 Å². The lowest BCUT2D eigenvalue weighted by molar-refractivity contribution is -0.136. The summed E-state index contributed by atoms with van der Waals surface area (Å²) in [6, 6.07) is 5.73. The Bertz CT molecular complexity index is 494. The van der Waals surface area contributed by atoms with Crippen LogP contribution in [0.4, 0.5) is 0 Å². The van der Waals surface area contributed by atoms with Crippen molar-refractivity contribution in [3.05, 3.63) is 29.8 Å². The SMILES string of the molecule is CN(C)NS(=O)(=O)c1ccc(CC(=O)O)cc1. The molecular formula is C10H14N2O4S. The number of hydrogen-bond acceptors (Lipinski definition) is 4. The normalized spacial score (nSPS) is 11.7. The van der Waals surface area contributed by atoms with Crippen molar-refractivity contribution >= 4 is 16.0 Å². The zero-order valence-corrected chi connectivity index (χ0v) is 10.4. The molecule has 2 N–H and O–H groups in total. The fraction of sp³-hybridized carbons (Fsp3) is 0.300. The van der Waals surface area contributed by atoms with Crippen molar-refractivity contribution in [1.82, 2.24) is 9.84 Å². The van der Waals surface area contributed by atoms with Crippen LogP contribution >= 0.6 is 0 Å². The average molecular weight is 258 g/mol. The average Bonchev–Trinajstić information content (AvgIpc) is 2.15. The number of rotatable bonds is 5. The van der Waals surface area contributed by atoms with E-state index in [9.17, 15) is 13.2 Å². The second-order valence-corrected chi connectivity index (χ2v) is 5.36. The zero-order valence-electron chi connectivity index (χ0n) is 9.54. The Morgan fingerprint density at radius 1 is 1.29 bits per heavy atom. The van der Waals surface area contributed by atoms with Crippen molar-refractivity contribution in [2.24, 2.45) is 0 Å². The summed E-state index contributed by atoms with van der Waals surface area (Å²) in [5.74, 6) is -0.952. The van der Waals surface area contributed by atoms with Gasteiger partial charge in [-0.15, -0.1) is 4.83 Å². The lowest BCUT2D eigenvalue weighted by atomic mass is 10.2. The first kappa shape index (κ1) is 13.6. The quantitative estimate of drug-likeness (QED) is 0.730. The van der Waals surface area contributed by atoms with Gasteiger partial charge in [0, 0.05) is 14.1 Å². The van der Waals surface area contributed by atoms with Crippen molar-refractivity contribution in [2.75, 3.05) is 14.1 Å². The van der Waals surface area contributed by atoms with E-state index < -0.39 is 16.0 Å². The molecule has 0 aliphatic heterocycles. The van der Waals surface area contributed by atoms with Gasteiger partial charge in [-0.1, -0.05) is 12.1 Å². The maximum absolute atomic E-state index is 11.7. The van der Waals surface area contributed by atoms with E-state index in [-0.39, 0.29) is 11.3 Å². The van der Waals surface area contributed by atoms with Crippen LogP contribution in [-0.2, 0) is 21.2 Å². The lowest BCUT2D eigenvalue weighted by Gasteiger charge is -2.12. The Labute approximate surface area is 99.9 Å². The molecule has 0 radical (unpaired) electrons. The summed E-state index contributed by atoms with van der Waals surface area (Å²) in [7, 11) is -0.445. The van der Waals surface area contributed by atoms with Crippen LogP contribution in [0.15, 0.2) is 29.2 Å². The minimum Gasteiger partial charge on any atom is -0.481 e.